The molecule has 4 rings (SSSR count). The third kappa shape index (κ3) is 3.82. The van der Waals surface area contributed by atoms with Gasteiger partial charge in [0.2, 0.25) is 10.0 Å². The molecular weight excluding hydrogens is 428 g/mol. The summed E-state index contributed by atoms with van der Waals surface area (Å²) in [5.74, 6) is 0.170. The lowest BCUT2D eigenvalue weighted by atomic mass is 9.96. The van der Waals surface area contributed by atoms with Crippen molar-refractivity contribution in [1.82, 2.24) is 24.6 Å². The van der Waals surface area contributed by atoms with E-state index in [1.807, 2.05) is 6.07 Å². The van der Waals surface area contributed by atoms with Gasteiger partial charge in [0.1, 0.15) is 22.1 Å². The standard InChI is InChI=1S/C22H24N6O3S/c1-4-28(3)32(30,31)19-12-25-17(9-13(19)2)18-11-26-21(23)20(27-18)15-5-6-16-14(10-15)7-8-24-22(16)29/h5-6,9-12H,4,7-8H2,1-3H3,(H2,23,26)(H,24,29). The number of sulfonamides is 1. The van der Waals surface area contributed by atoms with Crippen molar-refractivity contribution in [3.05, 3.63) is 53.3 Å². The zero-order valence-electron chi connectivity index (χ0n) is 18.1. The second-order valence-corrected chi connectivity index (χ2v) is 9.63. The highest BCUT2D eigenvalue weighted by Gasteiger charge is 2.23. The van der Waals surface area contributed by atoms with Crippen LogP contribution in [0.3, 0.4) is 0 Å². The van der Waals surface area contributed by atoms with Crippen molar-refractivity contribution in [3.8, 4) is 22.6 Å². The Bertz CT molecular complexity index is 1320. The molecule has 3 aromatic rings. The van der Waals surface area contributed by atoms with Gasteiger partial charge in [0.05, 0.1) is 11.9 Å². The van der Waals surface area contributed by atoms with Crippen molar-refractivity contribution < 1.29 is 13.2 Å². The number of carbonyl (C=O) groups is 1. The van der Waals surface area contributed by atoms with Gasteiger partial charge in [-0.25, -0.2) is 22.7 Å². The Hall–Kier alpha value is -3.37. The molecule has 3 heterocycles. The van der Waals surface area contributed by atoms with Gasteiger partial charge in [-0.05, 0) is 42.7 Å². The molecule has 1 aromatic carbocycles. The first-order chi connectivity index (χ1) is 15.2. The fourth-order valence-electron chi connectivity index (χ4n) is 3.60. The van der Waals surface area contributed by atoms with Gasteiger partial charge in [-0.1, -0.05) is 13.0 Å². The summed E-state index contributed by atoms with van der Waals surface area (Å²) in [5.41, 5.74) is 10.5. The largest absolute Gasteiger partial charge is 0.382 e. The van der Waals surface area contributed by atoms with Crippen molar-refractivity contribution >= 4 is 21.7 Å². The quantitative estimate of drug-likeness (QED) is 0.605. The second-order valence-electron chi connectivity index (χ2n) is 7.62. The van der Waals surface area contributed by atoms with Gasteiger partial charge in [-0.15, -0.1) is 0 Å². The molecule has 32 heavy (non-hydrogen) atoms. The van der Waals surface area contributed by atoms with Crippen LogP contribution in [-0.4, -0.2) is 53.7 Å². The lowest BCUT2D eigenvalue weighted by Crippen LogP contribution is -2.31. The van der Waals surface area contributed by atoms with Crippen molar-refractivity contribution in [2.75, 3.05) is 25.9 Å². The van der Waals surface area contributed by atoms with Gasteiger partial charge in [-0.2, -0.15) is 0 Å². The highest BCUT2D eigenvalue weighted by Crippen LogP contribution is 2.29. The number of aromatic nitrogens is 3. The van der Waals surface area contributed by atoms with Crippen LogP contribution in [0, 0.1) is 6.92 Å². The van der Waals surface area contributed by atoms with Crippen LogP contribution in [-0.2, 0) is 16.4 Å². The van der Waals surface area contributed by atoms with Crippen LogP contribution >= 0.6 is 0 Å². The Balaban J connectivity index is 1.74. The van der Waals surface area contributed by atoms with E-state index in [9.17, 15) is 13.2 Å². The van der Waals surface area contributed by atoms with Gasteiger partial charge in [0.15, 0.2) is 0 Å². The maximum absolute atomic E-state index is 12.7. The average molecular weight is 453 g/mol. The van der Waals surface area contributed by atoms with E-state index in [1.54, 1.807) is 32.0 Å². The Labute approximate surface area is 186 Å². The average Bonchev–Trinajstić information content (AvgIpc) is 2.78. The molecular formula is C22H24N6O3S. The van der Waals surface area contributed by atoms with E-state index in [0.717, 1.165) is 17.5 Å². The molecule has 0 saturated carbocycles. The lowest BCUT2D eigenvalue weighted by molar-refractivity contribution is 0.0946. The van der Waals surface area contributed by atoms with Crippen LogP contribution in [0.4, 0.5) is 5.82 Å². The van der Waals surface area contributed by atoms with Gasteiger partial charge in [-0.3, -0.25) is 9.78 Å². The molecule has 0 bridgehead atoms. The van der Waals surface area contributed by atoms with Crippen LogP contribution in [0.1, 0.15) is 28.4 Å². The molecule has 0 fully saturated rings. The molecule has 0 radical (unpaired) electrons. The van der Waals surface area contributed by atoms with Crippen molar-refractivity contribution in [2.24, 2.45) is 0 Å². The molecule has 0 spiro atoms. The number of hydrogen-bond acceptors (Lipinski definition) is 7. The first kappa shape index (κ1) is 21.8. The number of amides is 1. The smallest absolute Gasteiger partial charge is 0.251 e. The van der Waals surface area contributed by atoms with Crippen LogP contribution in [0.25, 0.3) is 22.6 Å². The summed E-state index contributed by atoms with van der Waals surface area (Å²) in [7, 11) is -2.08. The number of carbonyl (C=O) groups excluding carboxylic acids is 1. The summed E-state index contributed by atoms with van der Waals surface area (Å²) in [6, 6.07) is 7.15. The minimum absolute atomic E-state index is 0.0889. The summed E-state index contributed by atoms with van der Waals surface area (Å²) in [4.78, 5) is 25.4. The Morgan fingerprint density at radius 2 is 1.94 bits per heavy atom. The number of rotatable bonds is 5. The first-order valence-electron chi connectivity index (χ1n) is 10.2. The Morgan fingerprint density at radius 1 is 1.16 bits per heavy atom. The predicted octanol–water partition coefficient (Wildman–Crippen LogP) is 2.02. The predicted molar refractivity (Wildman–Crippen MR) is 121 cm³/mol. The number of nitrogens with zero attached hydrogens (tertiary/aromatic N) is 4. The van der Waals surface area contributed by atoms with E-state index in [2.05, 4.69) is 20.3 Å². The Kier molecular flexibility index (Phi) is 5.66. The third-order valence-corrected chi connectivity index (χ3v) is 7.62. The van der Waals surface area contributed by atoms with Gasteiger partial charge < -0.3 is 11.1 Å². The fourth-order valence-corrected chi connectivity index (χ4v) is 4.93. The topological polar surface area (TPSA) is 131 Å². The number of hydrogen-bond donors (Lipinski definition) is 2. The molecule has 2 aromatic heterocycles. The molecule has 3 N–H and O–H groups in total. The molecule has 1 aliphatic rings. The Morgan fingerprint density at radius 3 is 2.66 bits per heavy atom. The normalized spacial score (nSPS) is 13.7. The first-order valence-corrected chi connectivity index (χ1v) is 11.6. The van der Waals surface area contributed by atoms with Crippen LogP contribution in [0.15, 0.2) is 41.6 Å². The molecule has 10 heteroatoms. The van der Waals surface area contributed by atoms with Crippen molar-refractivity contribution in [1.29, 1.82) is 0 Å². The summed E-state index contributed by atoms with van der Waals surface area (Å²) in [5, 5.41) is 2.82. The van der Waals surface area contributed by atoms with Crippen molar-refractivity contribution in [3.63, 3.8) is 0 Å². The van der Waals surface area contributed by atoms with Gasteiger partial charge in [0.25, 0.3) is 5.91 Å². The maximum atomic E-state index is 12.7. The second kappa shape index (κ2) is 8.29. The maximum Gasteiger partial charge on any atom is 0.251 e. The molecule has 0 unspecified atom stereocenters. The van der Waals surface area contributed by atoms with Crippen LogP contribution in [0.2, 0.25) is 0 Å². The van der Waals surface area contributed by atoms with E-state index in [-0.39, 0.29) is 16.6 Å². The SMILES string of the molecule is CCN(C)S(=O)(=O)c1cnc(-c2cnc(N)c(-c3ccc4c(c3)CCNC4=O)n2)cc1C. The van der Waals surface area contributed by atoms with Gasteiger partial charge in [0, 0.05) is 37.5 Å². The molecule has 0 aliphatic carbocycles. The van der Waals surface area contributed by atoms with Crippen LogP contribution < -0.4 is 11.1 Å². The third-order valence-electron chi connectivity index (χ3n) is 5.56. The summed E-state index contributed by atoms with van der Waals surface area (Å²) in [6.45, 7) is 4.44. The molecule has 1 amide bonds. The zero-order chi connectivity index (χ0) is 23.0. The number of benzene rings is 1. The van der Waals surface area contributed by atoms with Crippen LogP contribution in [0.5, 0.6) is 0 Å². The van der Waals surface area contributed by atoms with E-state index in [0.29, 0.717) is 41.3 Å². The van der Waals surface area contributed by atoms with E-state index < -0.39 is 10.0 Å². The molecule has 9 nitrogen and oxygen atoms in total. The summed E-state index contributed by atoms with van der Waals surface area (Å²) < 4.78 is 26.6. The number of fused-ring (bicyclic) bond motifs is 1. The number of anilines is 1. The van der Waals surface area contributed by atoms with Gasteiger partial charge >= 0.3 is 0 Å². The minimum atomic E-state index is -3.61. The van der Waals surface area contributed by atoms with E-state index in [4.69, 9.17) is 5.73 Å². The number of aryl methyl sites for hydroxylation is 1. The zero-order valence-corrected chi connectivity index (χ0v) is 18.9. The number of nitrogens with one attached hydrogen (secondary N) is 1. The lowest BCUT2D eigenvalue weighted by Gasteiger charge is -2.18. The minimum Gasteiger partial charge on any atom is -0.382 e. The molecule has 0 saturated heterocycles. The molecule has 0 atom stereocenters. The number of nitrogen functional groups attached to an aromatic ring is 1. The van der Waals surface area contributed by atoms with E-state index in [1.165, 1.54) is 23.7 Å². The monoisotopic (exact) mass is 452 g/mol. The molecule has 1 aliphatic heterocycles. The highest BCUT2D eigenvalue weighted by molar-refractivity contribution is 7.89. The van der Waals surface area contributed by atoms with Crippen molar-refractivity contribution in [2.45, 2.75) is 25.2 Å². The summed E-state index contributed by atoms with van der Waals surface area (Å²) in [6.07, 6.45) is 3.59. The number of nitrogens with two attached hydrogens (primary N) is 1. The molecule has 166 valence electrons. The summed E-state index contributed by atoms with van der Waals surface area (Å²) >= 11 is 0. The highest BCUT2D eigenvalue weighted by atomic mass is 32.2. The number of pyridine rings is 1. The van der Waals surface area contributed by atoms with E-state index >= 15 is 0 Å². The fraction of sp³-hybridized carbons (Fsp3) is 0.273.